The molecule has 1 saturated carbocycles. The molecule has 0 aromatic rings. The number of rotatable bonds is 2. The molecular formula is C11H13FO2. The lowest BCUT2D eigenvalue weighted by Gasteiger charge is -2.43. The van der Waals surface area contributed by atoms with E-state index in [0.29, 0.717) is 17.8 Å². The summed E-state index contributed by atoms with van der Waals surface area (Å²) in [7, 11) is 1.52. The van der Waals surface area contributed by atoms with Crippen molar-refractivity contribution in [3.05, 3.63) is 23.5 Å². The van der Waals surface area contributed by atoms with Crippen LogP contribution in [-0.2, 0) is 9.53 Å². The zero-order valence-electron chi connectivity index (χ0n) is 8.34. The highest BCUT2D eigenvalue weighted by molar-refractivity contribution is 5.96. The summed E-state index contributed by atoms with van der Waals surface area (Å²) in [6.07, 6.45) is 4.41. The number of alkyl halides is 1. The number of fused-ring (bicyclic) bond motifs is 1. The number of Topliss-reactive ketones (excluding diaryl/α,β-unsaturated/α-hetero) is 1. The van der Waals surface area contributed by atoms with E-state index in [1.807, 2.05) is 0 Å². The molecule has 0 saturated heterocycles. The van der Waals surface area contributed by atoms with Gasteiger partial charge < -0.3 is 4.74 Å². The van der Waals surface area contributed by atoms with Gasteiger partial charge in [0.25, 0.3) is 0 Å². The number of halogens is 1. The highest BCUT2D eigenvalue weighted by Crippen LogP contribution is 2.50. The first-order valence-corrected chi connectivity index (χ1v) is 4.75. The first-order valence-electron chi connectivity index (χ1n) is 4.75. The topological polar surface area (TPSA) is 26.3 Å². The molecule has 2 aliphatic carbocycles. The molecular weight excluding hydrogens is 183 g/mol. The molecule has 0 heterocycles. The van der Waals surface area contributed by atoms with Crippen molar-refractivity contribution in [2.45, 2.75) is 25.4 Å². The fourth-order valence-electron chi connectivity index (χ4n) is 2.07. The smallest absolute Gasteiger partial charge is 0.159 e. The summed E-state index contributed by atoms with van der Waals surface area (Å²) in [5.74, 6) is 0.323. The molecule has 2 unspecified atom stereocenters. The molecule has 0 aliphatic heterocycles. The second-order valence-electron chi connectivity index (χ2n) is 3.92. The van der Waals surface area contributed by atoms with Crippen molar-refractivity contribution in [2.24, 2.45) is 5.92 Å². The van der Waals surface area contributed by atoms with Gasteiger partial charge in [-0.1, -0.05) is 0 Å². The molecule has 1 fully saturated rings. The highest BCUT2D eigenvalue weighted by atomic mass is 19.1. The van der Waals surface area contributed by atoms with Gasteiger partial charge in [-0.05, 0) is 31.9 Å². The minimum absolute atomic E-state index is 0.109. The first-order chi connectivity index (χ1) is 6.57. The second-order valence-corrected chi connectivity index (χ2v) is 3.92. The van der Waals surface area contributed by atoms with Crippen LogP contribution in [0.25, 0.3) is 0 Å². The van der Waals surface area contributed by atoms with Gasteiger partial charge in [0.1, 0.15) is 11.4 Å². The van der Waals surface area contributed by atoms with Gasteiger partial charge in [0.2, 0.25) is 0 Å². The molecule has 0 N–H and O–H groups in total. The Labute approximate surface area is 82.4 Å². The van der Waals surface area contributed by atoms with Gasteiger partial charge >= 0.3 is 0 Å². The van der Waals surface area contributed by atoms with Crippen molar-refractivity contribution in [3.8, 4) is 0 Å². The SMILES string of the molecule is COC1=CC(C(C)=O)=CC2(F)CCC12. The van der Waals surface area contributed by atoms with E-state index in [2.05, 4.69) is 0 Å². The summed E-state index contributed by atoms with van der Waals surface area (Å²) >= 11 is 0. The van der Waals surface area contributed by atoms with Crippen molar-refractivity contribution in [3.63, 3.8) is 0 Å². The molecule has 2 atom stereocenters. The van der Waals surface area contributed by atoms with Crippen LogP contribution in [0.15, 0.2) is 23.5 Å². The largest absolute Gasteiger partial charge is 0.501 e. The van der Waals surface area contributed by atoms with E-state index < -0.39 is 5.67 Å². The molecule has 0 aromatic carbocycles. The molecule has 2 rings (SSSR count). The van der Waals surface area contributed by atoms with Crippen LogP contribution >= 0.6 is 0 Å². The Morgan fingerprint density at radius 1 is 1.71 bits per heavy atom. The number of carbonyl (C=O) groups is 1. The molecule has 14 heavy (non-hydrogen) atoms. The van der Waals surface area contributed by atoms with Gasteiger partial charge in [-0.3, -0.25) is 4.79 Å². The number of methoxy groups -OCH3 is 1. The summed E-state index contributed by atoms with van der Waals surface area (Å²) in [6, 6.07) is 0. The second kappa shape index (κ2) is 2.94. The average molecular weight is 196 g/mol. The van der Waals surface area contributed by atoms with Gasteiger partial charge in [-0.25, -0.2) is 4.39 Å². The third-order valence-electron chi connectivity index (χ3n) is 3.07. The van der Waals surface area contributed by atoms with Crippen LogP contribution in [0.4, 0.5) is 4.39 Å². The number of allylic oxidation sites excluding steroid dienone is 4. The molecule has 2 nitrogen and oxygen atoms in total. The number of carbonyl (C=O) groups excluding carboxylic acids is 1. The molecule has 3 heteroatoms. The van der Waals surface area contributed by atoms with Crippen LogP contribution in [-0.4, -0.2) is 18.6 Å². The van der Waals surface area contributed by atoms with Crippen LogP contribution in [0.5, 0.6) is 0 Å². The van der Waals surface area contributed by atoms with Gasteiger partial charge in [0.15, 0.2) is 5.78 Å². The third kappa shape index (κ3) is 1.19. The number of hydrogen-bond donors (Lipinski definition) is 0. The van der Waals surface area contributed by atoms with E-state index in [0.717, 1.165) is 6.42 Å². The van der Waals surface area contributed by atoms with Crippen LogP contribution in [0.1, 0.15) is 19.8 Å². The molecule has 0 spiro atoms. The minimum atomic E-state index is -1.33. The predicted molar refractivity (Wildman–Crippen MR) is 50.4 cm³/mol. The minimum Gasteiger partial charge on any atom is -0.501 e. The molecule has 76 valence electrons. The van der Waals surface area contributed by atoms with E-state index in [9.17, 15) is 9.18 Å². The average Bonchev–Trinajstić information content (AvgIpc) is 2.11. The lowest BCUT2D eigenvalue weighted by Crippen LogP contribution is -2.45. The van der Waals surface area contributed by atoms with Crippen LogP contribution in [0.3, 0.4) is 0 Å². The standard InChI is InChI=1S/C11H13FO2/c1-7(13)8-5-10(14-2)9-3-4-11(9,12)6-8/h5-6,9H,3-4H2,1-2H3. The van der Waals surface area contributed by atoms with E-state index in [1.54, 1.807) is 6.08 Å². The molecule has 0 amide bonds. The van der Waals surface area contributed by atoms with Gasteiger partial charge in [-0.15, -0.1) is 0 Å². The Balaban J connectivity index is 2.37. The van der Waals surface area contributed by atoms with Crippen LogP contribution in [0.2, 0.25) is 0 Å². The monoisotopic (exact) mass is 196 g/mol. The number of hydrogen-bond acceptors (Lipinski definition) is 2. The van der Waals surface area contributed by atoms with E-state index in [4.69, 9.17) is 4.74 Å². The van der Waals surface area contributed by atoms with Crippen molar-refractivity contribution in [1.29, 1.82) is 0 Å². The third-order valence-corrected chi connectivity index (χ3v) is 3.07. The van der Waals surface area contributed by atoms with Crippen molar-refractivity contribution in [2.75, 3.05) is 7.11 Å². The maximum absolute atomic E-state index is 14.0. The summed E-state index contributed by atoms with van der Waals surface area (Å²) in [5, 5.41) is 0. The summed E-state index contributed by atoms with van der Waals surface area (Å²) in [6.45, 7) is 1.44. The molecule has 2 aliphatic rings. The zero-order valence-corrected chi connectivity index (χ0v) is 8.34. The molecule has 0 bridgehead atoms. The van der Waals surface area contributed by atoms with Crippen molar-refractivity contribution >= 4 is 5.78 Å². The number of ketones is 1. The predicted octanol–water partition coefficient (Wildman–Crippen LogP) is 2.16. The quantitative estimate of drug-likeness (QED) is 0.676. The number of ether oxygens (including phenoxy) is 1. The maximum Gasteiger partial charge on any atom is 0.159 e. The maximum atomic E-state index is 14.0. The van der Waals surface area contributed by atoms with Gasteiger partial charge in [-0.2, -0.15) is 0 Å². The Morgan fingerprint density at radius 3 is 2.86 bits per heavy atom. The van der Waals surface area contributed by atoms with E-state index in [1.165, 1.54) is 20.1 Å². The van der Waals surface area contributed by atoms with Crippen LogP contribution in [0, 0.1) is 5.92 Å². The lowest BCUT2D eigenvalue weighted by atomic mass is 9.66. The van der Waals surface area contributed by atoms with Crippen molar-refractivity contribution in [1.82, 2.24) is 0 Å². The van der Waals surface area contributed by atoms with Gasteiger partial charge in [0, 0.05) is 5.57 Å². The molecule has 0 aromatic heterocycles. The Kier molecular flexibility index (Phi) is 1.98. The summed E-state index contributed by atoms with van der Waals surface area (Å²) in [4.78, 5) is 11.1. The fraction of sp³-hybridized carbons (Fsp3) is 0.545. The fourth-order valence-corrected chi connectivity index (χ4v) is 2.07. The van der Waals surface area contributed by atoms with Gasteiger partial charge in [0.05, 0.1) is 13.0 Å². The molecule has 0 radical (unpaired) electrons. The highest BCUT2D eigenvalue weighted by Gasteiger charge is 2.50. The summed E-state index contributed by atoms with van der Waals surface area (Å²) < 4.78 is 19.1. The Hall–Kier alpha value is -1.12. The first kappa shape index (κ1) is 9.44. The van der Waals surface area contributed by atoms with E-state index >= 15 is 0 Å². The zero-order chi connectivity index (χ0) is 10.3. The Bertz CT molecular complexity index is 343. The lowest BCUT2D eigenvalue weighted by molar-refractivity contribution is -0.113. The normalized spacial score (nSPS) is 34.9. The van der Waals surface area contributed by atoms with E-state index in [-0.39, 0.29) is 11.7 Å². The van der Waals surface area contributed by atoms with Crippen molar-refractivity contribution < 1.29 is 13.9 Å². The van der Waals surface area contributed by atoms with Crippen LogP contribution < -0.4 is 0 Å². The Morgan fingerprint density at radius 2 is 2.43 bits per heavy atom. The summed E-state index contributed by atoms with van der Waals surface area (Å²) in [5.41, 5.74) is -0.901.